The lowest BCUT2D eigenvalue weighted by Crippen LogP contribution is -2.39. The number of nitriles is 1. The van der Waals surface area contributed by atoms with Crippen LogP contribution in [0.5, 0.6) is 0 Å². The first-order chi connectivity index (χ1) is 16.5. The lowest BCUT2D eigenvalue weighted by Gasteiger charge is -2.30. The summed E-state index contributed by atoms with van der Waals surface area (Å²) in [5.74, 6) is 1.14. The monoisotopic (exact) mass is 494 g/mol. The molecule has 1 atom stereocenters. The first-order valence-corrected chi connectivity index (χ1v) is 14.5. The molecule has 1 unspecified atom stereocenters. The van der Waals surface area contributed by atoms with Crippen LogP contribution in [0.1, 0.15) is 62.6 Å². The number of hydrogen-bond donors (Lipinski definition) is 0. The molecule has 0 N–H and O–H groups in total. The van der Waals surface area contributed by atoms with E-state index in [1.807, 2.05) is 30.3 Å². The lowest BCUT2D eigenvalue weighted by atomic mass is 10.0. The maximum atomic E-state index is 13.4. The second-order valence-electron chi connectivity index (χ2n) is 9.56. The van der Waals surface area contributed by atoms with Gasteiger partial charge in [-0.05, 0) is 67.5 Å². The Morgan fingerprint density at radius 2 is 1.85 bits per heavy atom. The van der Waals surface area contributed by atoms with Crippen molar-refractivity contribution in [1.29, 1.82) is 5.26 Å². The van der Waals surface area contributed by atoms with E-state index in [0.717, 1.165) is 53.2 Å². The molecule has 8 heteroatoms. The van der Waals surface area contributed by atoms with Crippen LogP contribution in [0.25, 0.3) is 11.0 Å². The Labute approximate surface area is 206 Å². The molecule has 0 radical (unpaired) electrons. The maximum Gasteiger partial charge on any atom is 0.243 e. The summed E-state index contributed by atoms with van der Waals surface area (Å²) in [6.07, 6.45) is 6.67. The minimum atomic E-state index is -3.52. The second kappa shape index (κ2) is 9.73. The van der Waals surface area contributed by atoms with Crippen LogP contribution < -0.4 is 0 Å². The van der Waals surface area contributed by atoms with Gasteiger partial charge in [-0.1, -0.05) is 43.7 Å². The van der Waals surface area contributed by atoms with Crippen LogP contribution in [0.2, 0.25) is 0 Å². The van der Waals surface area contributed by atoms with Crippen LogP contribution in [0, 0.1) is 17.2 Å². The van der Waals surface area contributed by atoms with E-state index in [-0.39, 0.29) is 0 Å². The van der Waals surface area contributed by atoms with Gasteiger partial charge in [-0.2, -0.15) is 9.57 Å². The van der Waals surface area contributed by atoms with E-state index in [1.54, 1.807) is 28.2 Å². The Bertz CT molecular complexity index is 1320. The predicted molar refractivity (Wildman–Crippen MR) is 135 cm³/mol. The summed E-state index contributed by atoms with van der Waals surface area (Å²) < 4.78 is 30.7. The Hall–Kier alpha value is -2.34. The fourth-order valence-corrected chi connectivity index (χ4v) is 7.83. The minimum Gasteiger partial charge on any atom is -0.316 e. The van der Waals surface area contributed by atoms with Gasteiger partial charge in [0.15, 0.2) is 5.16 Å². The maximum absolute atomic E-state index is 13.4. The summed E-state index contributed by atoms with van der Waals surface area (Å²) in [4.78, 5) is 5.27. The van der Waals surface area contributed by atoms with Crippen molar-refractivity contribution in [2.24, 2.45) is 5.92 Å². The fraction of sp³-hybridized carbons (Fsp3) is 0.462. The zero-order valence-corrected chi connectivity index (χ0v) is 21.1. The van der Waals surface area contributed by atoms with Gasteiger partial charge in [0.25, 0.3) is 0 Å². The molecule has 2 heterocycles. The summed E-state index contributed by atoms with van der Waals surface area (Å²) in [6, 6.07) is 15.7. The van der Waals surface area contributed by atoms with Gasteiger partial charge in [-0.15, -0.1) is 0 Å². The van der Waals surface area contributed by atoms with Crippen molar-refractivity contribution in [3.63, 3.8) is 0 Å². The Morgan fingerprint density at radius 3 is 2.56 bits per heavy atom. The SMILES string of the molecule is CC1CCCN(S(=O)(=O)c2ccc3c(c2)nc(SCc2ccc(C#N)cc2)n3C2CCCC2)C1. The molecule has 0 amide bonds. The molecule has 1 aliphatic carbocycles. The summed E-state index contributed by atoms with van der Waals surface area (Å²) in [5, 5.41) is 9.97. The van der Waals surface area contributed by atoms with Gasteiger partial charge in [0.2, 0.25) is 10.0 Å². The lowest BCUT2D eigenvalue weighted by molar-refractivity contribution is 0.281. The third-order valence-electron chi connectivity index (χ3n) is 7.03. The number of hydrogen-bond acceptors (Lipinski definition) is 5. The first kappa shape index (κ1) is 23.4. The van der Waals surface area contributed by atoms with Gasteiger partial charge < -0.3 is 4.57 Å². The van der Waals surface area contributed by atoms with Crippen molar-refractivity contribution < 1.29 is 8.42 Å². The van der Waals surface area contributed by atoms with Crippen molar-refractivity contribution in [2.45, 2.75) is 67.3 Å². The van der Waals surface area contributed by atoms with E-state index < -0.39 is 10.0 Å². The quantitative estimate of drug-likeness (QED) is 0.409. The van der Waals surface area contributed by atoms with Gasteiger partial charge in [-0.3, -0.25) is 0 Å². The number of imidazole rings is 1. The fourth-order valence-electron chi connectivity index (χ4n) is 5.17. The summed E-state index contributed by atoms with van der Waals surface area (Å²) >= 11 is 1.68. The summed E-state index contributed by atoms with van der Waals surface area (Å²) in [5.41, 5.74) is 3.56. The number of aromatic nitrogens is 2. The number of rotatable bonds is 6. The highest BCUT2D eigenvalue weighted by Gasteiger charge is 2.30. The smallest absolute Gasteiger partial charge is 0.243 e. The second-order valence-corrected chi connectivity index (χ2v) is 12.4. The molecule has 2 fully saturated rings. The largest absolute Gasteiger partial charge is 0.316 e. The molecule has 34 heavy (non-hydrogen) atoms. The van der Waals surface area contributed by atoms with E-state index in [9.17, 15) is 8.42 Å². The summed E-state index contributed by atoms with van der Waals surface area (Å²) in [7, 11) is -3.52. The average molecular weight is 495 g/mol. The normalized spacial score (nSPS) is 20.1. The number of thioether (sulfide) groups is 1. The molecule has 2 aliphatic rings. The molecule has 1 saturated carbocycles. The van der Waals surface area contributed by atoms with Crippen molar-refractivity contribution in [3.05, 3.63) is 53.6 Å². The van der Waals surface area contributed by atoms with Crippen LogP contribution in [0.3, 0.4) is 0 Å². The number of nitrogens with zero attached hydrogens (tertiary/aromatic N) is 4. The highest BCUT2D eigenvalue weighted by atomic mass is 32.2. The molecule has 0 bridgehead atoms. The third-order valence-corrected chi connectivity index (χ3v) is 9.91. The molecule has 1 aliphatic heterocycles. The predicted octanol–water partition coefficient (Wildman–Crippen LogP) is 5.74. The van der Waals surface area contributed by atoms with Crippen LogP contribution in [0.4, 0.5) is 0 Å². The van der Waals surface area contributed by atoms with Gasteiger partial charge in [-0.25, -0.2) is 13.4 Å². The summed E-state index contributed by atoms with van der Waals surface area (Å²) in [6.45, 7) is 3.29. The molecular formula is C26H30N4O2S2. The van der Waals surface area contributed by atoms with Crippen LogP contribution in [-0.2, 0) is 15.8 Å². The number of benzene rings is 2. The van der Waals surface area contributed by atoms with Crippen LogP contribution >= 0.6 is 11.8 Å². The van der Waals surface area contributed by atoms with E-state index >= 15 is 0 Å². The van der Waals surface area contributed by atoms with Crippen molar-refractivity contribution >= 4 is 32.8 Å². The highest BCUT2D eigenvalue weighted by molar-refractivity contribution is 7.98. The van der Waals surface area contributed by atoms with Gasteiger partial charge >= 0.3 is 0 Å². The van der Waals surface area contributed by atoms with E-state index in [0.29, 0.717) is 35.5 Å². The average Bonchev–Trinajstić information content (AvgIpc) is 3.50. The molecule has 6 nitrogen and oxygen atoms in total. The van der Waals surface area contributed by atoms with E-state index in [4.69, 9.17) is 10.2 Å². The van der Waals surface area contributed by atoms with Crippen molar-refractivity contribution in [2.75, 3.05) is 13.1 Å². The van der Waals surface area contributed by atoms with E-state index in [2.05, 4.69) is 17.6 Å². The Kier molecular flexibility index (Phi) is 6.70. The molecule has 178 valence electrons. The molecule has 1 aromatic heterocycles. The standard InChI is InChI=1S/C26H30N4O2S2/c1-19-5-4-14-29(17-19)34(31,32)23-12-13-25-24(15-23)28-26(30(25)22-6-2-3-7-22)33-18-21-10-8-20(16-27)9-11-21/h8-13,15,19,22H,2-7,14,17-18H2,1H3. The van der Waals surface area contributed by atoms with Crippen molar-refractivity contribution in [3.8, 4) is 6.07 Å². The Morgan fingerprint density at radius 1 is 1.09 bits per heavy atom. The number of sulfonamides is 1. The van der Waals surface area contributed by atoms with Gasteiger partial charge in [0.1, 0.15) is 0 Å². The first-order valence-electron chi connectivity index (χ1n) is 12.1. The highest BCUT2D eigenvalue weighted by Crippen LogP contribution is 2.38. The van der Waals surface area contributed by atoms with Gasteiger partial charge in [0.05, 0.1) is 27.6 Å². The minimum absolute atomic E-state index is 0.341. The van der Waals surface area contributed by atoms with E-state index in [1.165, 1.54) is 12.8 Å². The molecule has 0 spiro atoms. The number of fused-ring (bicyclic) bond motifs is 1. The van der Waals surface area contributed by atoms with Crippen LogP contribution in [-0.4, -0.2) is 35.4 Å². The molecule has 5 rings (SSSR count). The zero-order valence-electron chi connectivity index (χ0n) is 19.5. The molecular weight excluding hydrogens is 464 g/mol. The molecule has 3 aromatic rings. The Balaban J connectivity index is 1.47. The zero-order chi connectivity index (χ0) is 23.7. The number of piperidine rings is 1. The molecule has 2 aromatic carbocycles. The van der Waals surface area contributed by atoms with Gasteiger partial charge in [0, 0.05) is 24.9 Å². The van der Waals surface area contributed by atoms with Crippen molar-refractivity contribution in [1.82, 2.24) is 13.9 Å². The topological polar surface area (TPSA) is 79.0 Å². The third kappa shape index (κ3) is 4.61. The van der Waals surface area contributed by atoms with Crippen LogP contribution in [0.15, 0.2) is 52.5 Å². The molecule has 1 saturated heterocycles.